The number of aromatic nitrogens is 1. The Kier molecular flexibility index (Phi) is 4.60. The minimum Gasteiger partial charge on any atom is -0.464 e. The van der Waals surface area contributed by atoms with Crippen LogP contribution in [0.5, 0.6) is 0 Å². The molecule has 0 radical (unpaired) electrons. The molecule has 4 heteroatoms. The van der Waals surface area contributed by atoms with E-state index in [1.54, 1.807) is 6.07 Å². The van der Waals surface area contributed by atoms with Crippen LogP contribution >= 0.6 is 0 Å². The Morgan fingerprint density at radius 2 is 1.95 bits per heavy atom. The van der Waals surface area contributed by atoms with Crippen molar-refractivity contribution in [2.24, 2.45) is 0 Å². The number of hydrogen-bond acceptors (Lipinski definition) is 4. The molecule has 0 N–H and O–H groups in total. The van der Waals surface area contributed by atoms with E-state index in [1.807, 2.05) is 36.4 Å². The molecule has 0 spiro atoms. The van der Waals surface area contributed by atoms with Crippen LogP contribution in [0.1, 0.15) is 22.6 Å². The van der Waals surface area contributed by atoms with Crippen molar-refractivity contribution in [1.29, 1.82) is 0 Å². The van der Waals surface area contributed by atoms with Crippen molar-refractivity contribution < 1.29 is 14.3 Å². The van der Waals surface area contributed by atoms with Crippen LogP contribution in [0.25, 0.3) is 11.1 Å². The van der Waals surface area contributed by atoms with Gasteiger partial charge < -0.3 is 9.53 Å². The van der Waals surface area contributed by atoms with Gasteiger partial charge in [-0.2, -0.15) is 0 Å². The van der Waals surface area contributed by atoms with Gasteiger partial charge in [-0.05, 0) is 29.7 Å². The largest absolute Gasteiger partial charge is 0.464 e. The summed E-state index contributed by atoms with van der Waals surface area (Å²) in [5, 5.41) is 0. The SMILES string of the molecule is COC(=O)c1cc(-c2ccccc2)cc(CCC=O)n1. The van der Waals surface area contributed by atoms with Crippen molar-refractivity contribution in [1.82, 2.24) is 4.98 Å². The van der Waals surface area contributed by atoms with Gasteiger partial charge >= 0.3 is 5.97 Å². The first kappa shape index (κ1) is 13.9. The van der Waals surface area contributed by atoms with Crippen LogP contribution in [0.4, 0.5) is 0 Å². The fourth-order valence-corrected chi connectivity index (χ4v) is 1.93. The van der Waals surface area contributed by atoms with Gasteiger partial charge in [-0.1, -0.05) is 30.3 Å². The molecular weight excluding hydrogens is 254 g/mol. The summed E-state index contributed by atoms with van der Waals surface area (Å²) in [6.07, 6.45) is 1.73. The second-order valence-electron chi connectivity index (χ2n) is 4.30. The first-order valence-electron chi connectivity index (χ1n) is 6.33. The lowest BCUT2D eigenvalue weighted by molar-refractivity contribution is -0.107. The predicted molar refractivity (Wildman–Crippen MR) is 75.4 cm³/mol. The maximum atomic E-state index is 11.7. The Morgan fingerprint density at radius 1 is 1.20 bits per heavy atom. The standard InChI is InChI=1S/C16H15NO3/c1-20-16(19)15-11-13(12-6-3-2-4-7-12)10-14(17-15)8-5-9-18/h2-4,6-7,9-11H,5,8H2,1H3. The number of esters is 1. The summed E-state index contributed by atoms with van der Waals surface area (Å²) in [7, 11) is 1.32. The second kappa shape index (κ2) is 6.61. The quantitative estimate of drug-likeness (QED) is 0.618. The molecule has 0 fully saturated rings. The number of aldehydes is 1. The zero-order valence-electron chi connectivity index (χ0n) is 11.2. The van der Waals surface area contributed by atoms with E-state index in [2.05, 4.69) is 4.98 Å². The van der Waals surface area contributed by atoms with Crippen LogP contribution in [0.3, 0.4) is 0 Å². The number of carbonyl (C=O) groups excluding carboxylic acids is 2. The van der Waals surface area contributed by atoms with Crippen LogP contribution in [0.15, 0.2) is 42.5 Å². The van der Waals surface area contributed by atoms with Crippen molar-refractivity contribution in [2.45, 2.75) is 12.8 Å². The Labute approximate surface area is 117 Å². The number of aryl methyl sites for hydroxylation is 1. The van der Waals surface area contributed by atoms with E-state index in [1.165, 1.54) is 7.11 Å². The molecule has 4 nitrogen and oxygen atoms in total. The molecule has 0 saturated heterocycles. The highest BCUT2D eigenvalue weighted by molar-refractivity contribution is 5.89. The van der Waals surface area contributed by atoms with Crippen molar-refractivity contribution in [3.8, 4) is 11.1 Å². The van der Waals surface area contributed by atoms with Gasteiger partial charge in [0.15, 0.2) is 0 Å². The van der Waals surface area contributed by atoms with Crippen molar-refractivity contribution in [3.05, 3.63) is 53.9 Å². The molecule has 2 aromatic rings. The molecule has 0 atom stereocenters. The highest BCUT2D eigenvalue weighted by Gasteiger charge is 2.11. The molecule has 2 rings (SSSR count). The van der Waals surface area contributed by atoms with Crippen LogP contribution in [0.2, 0.25) is 0 Å². The number of rotatable bonds is 5. The number of nitrogens with zero attached hydrogens (tertiary/aromatic N) is 1. The second-order valence-corrected chi connectivity index (χ2v) is 4.30. The molecule has 0 amide bonds. The van der Waals surface area contributed by atoms with E-state index in [0.29, 0.717) is 18.5 Å². The van der Waals surface area contributed by atoms with E-state index in [4.69, 9.17) is 4.74 Å². The number of ether oxygens (including phenoxy) is 1. The Balaban J connectivity index is 2.45. The fourth-order valence-electron chi connectivity index (χ4n) is 1.93. The third kappa shape index (κ3) is 3.29. The van der Waals surface area contributed by atoms with Gasteiger partial charge in [0.2, 0.25) is 0 Å². The molecule has 20 heavy (non-hydrogen) atoms. The number of carbonyl (C=O) groups is 2. The van der Waals surface area contributed by atoms with Crippen LogP contribution < -0.4 is 0 Å². The van der Waals surface area contributed by atoms with Gasteiger partial charge in [0.1, 0.15) is 12.0 Å². The summed E-state index contributed by atoms with van der Waals surface area (Å²) in [4.78, 5) is 26.4. The third-order valence-electron chi connectivity index (χ3n) is 2.90. The molecule has 0 bridgehead atoms. The molecule has 0 unspecified atom stereocenters. The highest BCUT2D eigenvalue weighted by atomic mass is 16.5. The minimum atomic E-state index is -0.477. The lowest BCUT2D eigenvalue weighted by Gasteiger charge is -2.07. The van der Waals surface area contributed by atoms with Gasteiger partial charge in [0.25, 0.3) is 0 Å². The molecule has 1 aromatic carbocycles. The Hall–Kier alpha value is -2.49. The van der Waals surface area contributed by atoms with Crippen LogP contribution in [-0.4, -0.2) is 24.3 Å². The maximum absolute atomic E-state index is 11.7. The smallest absolute Gasteiger partial charge is 0.356 e. The first-order chi connectivity index (χ1) is 9.74. The summed E-state index contributed by atoms with van der Waals surface area (Å²) < 4.78 is 4.72. The number of methoxy groups -OCH3 is 1. The van der Waals surface area contributed by atoms with Gasteiger partial charge in [0.05, 0.1) is 7.11 Å². The number of benzene rings is 1. The van der Waals surface area contributed by atoms with E-state index in [-0.39, 0.29) is 5.69 Å². The van der Waals surface area contributed by atoms with Crippen molar-refractivity contribution in [3.63, 3.8) is 0 Å². The average molecular weight is 269 g/mol. The van der Waals surface area contributed by atoms with Crippen molar-refractivity contribution >= 4 is 12.3 Å². The van der Waals surface area contributed by atoms with Crippen LogP contribution in [0, 0.1) is 0 Å². The molecule has 0 aliphatic carbocycles. The summed E-state index contributed by atoms with van der Waals surface area (Å²) in [6, 6.07) is 13.3. The van der Waals surface area contributed by atoms with Crippen molar-refractivity contribution in [2.75, 3.05) is 7.11 Å². The Bertz CT molecular complexity index is 608. The summed E-state index contributed by atoms with van der Waals surface area (Å²) in [6.45, 7) is 0. The molecule has 1 heterocycles. The lowest BCUT2D eigenvalue weighted by atomic mass is 10.0. The zero-order valence-corrected chi connectivity index (χ0v) is 11.2. The Morgan fingerprint density at radius 3 is 2.60 bits per heavy atom. The maximum Gasteiger partial charge on any atom is 0.356 e. The van der Waals surface area contributed by atoms with Gasteiger partial charge in [-0.15, -0.1) is 0 Å². The summed E-state index contributed by atoms with van der Waals surface area (Å²) in [5.41, 5.74) is 2.85. The molecule has 0 aliphatic rings. The zero-order chi connectivity index (χ0) is 14.4. The lowest BCUT2D eigenvalue weighted by Crippen LogP contribution is -2.07. The molecule has 0 aliphatic heterocycles. The van der Waals surface area contributed by atoms with Gasteiger partial charge in [0, 0.05) is 12.1 Å². The summed E-state index contributed by atoms with van der Waals surface area (Å²) >= 11 is 0. The normalized spacial score (nSPS) is 10.1. The minimum absolute atomic E-state index is 0.259. The topological polar surface area (TPSA) is 56.3 Å². The molecule has 1 aromatic heterocycles. The highest BCUT2D eigenvalue weighted by Crippen LogP contribution is 2.21. The van der Waals surface area contributed by atoms with Gasteiger partial charge in [-0.25, -0.2) is 9.78 Å². The fraction of sp³-hybridized carbons (Fsp3) is 0.188. The predicted octanol–water partition coefficient (Wildman–Crippen LogP) is 2.67. The van der Waals surface area contributed by atoms with E-state index >= 15 is 0 Å². The number of hydrogen-bond donors (Lipinski definition) is 0. The average Bonchev–Trinajstić information content (AvgIpc) is 2.52. The monoisotopic (exact) mass is 269 g/mol. The van der Waals surface area contributed by atoms with E-state index in [0.717, 1.165) is 17.4 Å². The first-order valence-corrected chi connectivity index (χ1v) is 6.33. The number of pyridine rings is 1. The molecule has 0 saturated carbocycles. The van der Waals surface area contributed by atoms with Gasteiger partial charge in [-0.3, -0.25) is 0 Å². The van der Waals surface area contributed by atoms with E-state index < -0.39 is 5.97 Å². The molecular formula is C16H15NO3. The summed E-state index contributed by atoms with van der Waals surface area (Å²) in [5.74, 6) is -0.477. The van der Waals surface area contributed by atoms with E-state index in [9.17, 15) is 9.59 Å². The molecule has 102 valence electrons. The third-order valence-corrected chi connectivity index (χ3v) is 2.90. The van der Waals surface area contributed by atoms with Crippen LogP contribution in [-0.2, 0) is 16.0 Å².